The Labute approximate surface area is 236 Å². The number of benzene rings is 3. The molecule has 4 aromatic rings. The van der Waals surface area contributed by atoms with E-state index in [0.717, 1.165) is 52.4 Å². The molecule has 3 aromatic carbocycles. The quantitative estimate of drug-likeness (QED) is 0.116. The highest BCUT2D eigenvalue weighted by atomic mass is 127. The first-order valence-corrected chi connectivity index (χ1v) is 14.6. The topological polar surface area (TPSA) is 22.1 Å². The van der Waals surface area contributed by atoms with Gasteiger partial charge in [0, 0.05) is 18.3 Å². The Hall–Kier alpha value is -1.93. The minimum atomic E-state index is 0.786. The number of hydrogen-bond donors (Lipinski definition) is 0. The molecule has 0 N–H and O–H groups in total. The lowest BCUT2D eigenvalue weighted by Crippen LogP contribution is -1.97. The molecule has 0 saturated heterocycles. The molecule has 4 heteroatoms. The Balaban J connectivity index is 1.54. The fourth-order valence-corrected chi connectivity index (χ4v) is 4.77. The normalized spacial score (nSPS) is 10.9. The predicted molar refractivity (Wildman–Crippen MR) is 165 cm³/mol. The zero-order chi connectivity index (χ0) is 24.5. The first kappa shape index (κ1) is 26.1. The molecule has 0 unspecified atom stereocenters. The summed E-state index contributed by atoms with van der Waals surface area (Å²) in [6.45, 7) is 3.04. The lowest BCUT2D eigenvalue weighted by molar-refractivity contribution is 0.304. The maximum absolute atomic E-state index is 6.00. The molecular formula is C31H31I2NO. The third-order valence-corrected chi connectivity index (χ3v) is 7.50. The van der Waals surface area contributed by atoms with Crippen LogP contribution in [0.25, 0.3) is 33.6 Å². The zero-order valence-corrected chi connectivity index (χ0v) is 24.5. The largest absolute Gasteiger partial charge is 0.494 e. The minimum Gasteiger partial charge on any atom is -0.494 e. The molecule has 0 aliphatic carbocycles. The molecule has 1 aromatic heterocycles. The van der Waals surface area contributed by atoms with E-state index in [9.17, 15) is 0 Å². The summed E-state index contributed by atoms with van der Waals surface area (Å²) in [6.07, 6.45) is 7.65. The first-order chi connectivity index (χ1) is 17.1. The van der Waals surface area contributed by atoms with Gasteiger partial charge < -0.3 is 4.74 Å². The second-order valence-corrected chi connectivity index (χ2v) is 11.3. The standard InChI is InChI=1S/C31H31I2NO/c1-2-3-4-5-6-7-20-35-29-18-12-23(13-19-29)26-21-30(24-8-14-27(32)15-9-24)34-31(22-26)25-10-16-28(33)17-11-25/h8-19,21-22H,2-7,20H2,1H3. The van der Waals surface area contributed by atoms with Crippen LogP contribution in [0.2, 0.25) is 0 Å². The lowest BCUT2D eigenvalue weighted by Gasteiger charge is -2.12. The van der Waals surface area contributed by atoms with Crippen molar-refractivity contribution in [1.29, 1.82) is 0 Å². The van der Waals surface area contributed by atoms with Gasteiger partial charge in [0.05, 0.1) is 18.0 Å². The summed E-state index contributed by atoms with van der Waals surface area (Å²) in [6, 6.07) is 29.9. The SMILES string of the molecule is CCCCCCCCOc1ccc(-c2cc(-c3ccc(I)cc3)nc(-c3ccc(I)cc3)c2)cc1. The van der Waals surface area contributed by atoms with E-state index in [1.807, 2.05) is 0 Å². The van der Waals surface area contributed by atoms with Gasteiger partial charge in [-0.3, -0.25) is 0 Å². The van der Waals surface area contributed by atoms with Crippen LogP contribution in [-0.4, -0.2) is 11.6 Å². The van der Waals surface area contributed by atoms with Crippen LogP contribution in [0.4, 0.5) is 0 Å². The lowest BCUT2D eigenvalue weighted by atomic mass is 10.00. The molecule has 35 heavy (non-hydrogen) atoms. The van der Waals surface area contributed by atoms with Crippen molar-refractivity contribution >= 4 is 45.2 Å². The van der Waals surface area contributed by atoms with Gasteiger partial charge in [-0.1, -0.05) is 75.4 Å². The molecular weight excluding hydrogens is 656 g/mol. The van der Waals surface area contributed by atoms with Crippen molar-refractivity contribution in [3.05, 3.63) is 92.1 Å². The van der Waals surface area contributed by atoms with Crippen LogP contribution in [0.1, 0.15) is 45.4 Å². The highest BCUT2D eigenvalue weighted by Crippen LogP contribution is 2.31. The number of nitrogens with zero attached hydrogens (tertiary/aromatic N) is 1. The fraction of sp³-hybridized carbons (Fsp3) is 0.258. The number of ether oxygens (including phenoxy) is 1. The summed E-state index contributed by atoms with van der Waals surface area (Å²) in [7, 11) is 0. The number of rotatable bonds is 11. The van der Waals surface area contributed by atoms with Crippen molar-refractivity contribution in [2.24, 2.45) is 0 Å². The second-order valence-electron chi connectivity index (χ2n) is 8.78. The third kappa shape index (κ3) is 7.78. The Morgan fingerprint density at radius 2 is 1.06 bits per heavy atom. The maximum atomic E-state index is 6.00. The molecule has 4 rings (SSSR count). The number of hydrogen-bond acceptors (Lipinski definition) is 2. The summed E-state index contributed by atoms with van der Waals surface area (Å²) in [5.41, 5.74) is 6.53. The zero-order valence-electron chi connectivity index (χ0n) is 20.1. The van der Waals surface area contributed by atoms with E-state index in [4.69, 9.17) is 9.72 Å². The smallest absolute Gasteiger partial charge is 0.119 e. The van der Waals surface area contributed by atoms with E-state index in [1.54, 1.807) is 0 Å². The van der Waals surface area contributed by atoms with Crippen LogP contribution in [0, 0.1) is 7.14 Å². The molecule has 0 fully saturated rings. The van der Waals surface area contributed by atoms with Gasteiger partial charge in [-0.2, -0.15) is 0 Å². The third-order valence-electron chi connectivity index (χ3n) is 6.06. The first-order valence-electron chi connectivity index (χ1n) is 12.4. The number of aromatic nitrogens is 1. The minimum absolute atomic E-state index is 0.786. The van der Waals surface area contributed by atoms with E-state index in [1.165, 1.54) is 39.2 Å². The second kappa shape index (κ2) is 13.4. The van der Waals surface area contributed by atoms with Gasteiger partial charge in [-0.25, -0.2) is 4.98 Å². The summed E-state index contributed by atoms with van der Waals surface area (Å²) in [5.74, 6) is 0.937. The van der Waals surface area contributed by atoms with Crippen molar-refractivity contribution in [3.63, 3.8) is 0 Å². The Kier molecular flexibility index (Phi) is 10.0. The van der Waals surface area contributed by atoms with Gasteiger partial charge in [-0.05, 0) is 111 Å². The Morgan fingerprint density at radius 1 is 0.571 bits per heavy atom. The van der Waals surface area contributed by atoms with Gasteiger partial charge >= 0.3 is 0 Å². The van der Waals surface area contributed by atoms with Gasteiger partial charge in [0.25, 0.3) is 0 Å². The molecule has 1 heterocycles. The molecule has 180 valence electrons. The van der Waals surface area contributed by atoms with Crippen molar-refractivity contribution in [1.82, 2.24) is 4.98 Å². The maximum Gasteiger partial charge on any atom is 0.119 e. The van der Waals surface area contributed by atoms with Crippen molar-refractivity contribution in [2.45, 2.75) is 45.4 Å². The number of halogens is 2. The van der Waals surface area contributed by atoms with E-state index in [-0.39, 0.29) is 0 Å². The van der Waals surface area contributed by atoms with Crippen molar-refractivity contribution in [3.8, 4) is 39.4 Å². The molecule has 0 atom stereocenters. The van der Waals surface area contributed by atoms with E-state index < -0.39 is 0 Å². The molecule has 0 spiro atoms. The molecule has 0 aliphatic heterocycles. The van der Waals surface area contributed by atoms with Gasteiger partial charge in [-0.15, -0.1) is 0 Å². The summed E-state index contributed by atoms with van der Waals surface area (Å²) in [5, 5.41) is 0. The number of unbranched alkanes of at least 4 members (excludes halogenated alkanes) is 5. The Morgan fingerprint density at radius 3 is 1.60 bits per heavy atom. The predicted octanol–water partition coefficient (Wildman–Crippen LogP) is 10.0. The Bertz CT molecular complexity index is 1140. The summed E-state index contributed by atoms with van der Waals surface area (Å²) < 4.78 is 8.44. The average molecular weight is 687 g/mol. The fourth-order valence-electron chi connectivity index (χ4n) is 4.05. The van der Waals surface area contributed by atoms with E-state index in [0.29, 0.717) is 0 Å². The summed E-state index contributed by atoms with van der Waals surface area (Å²) >= 11 is 4.68. The number of pyridine rings is 1. The van der Waals surface area contributed by atoms with Crippen LogP contribution in [-0.2, 0) is 0 Å². The highest BCUT2D eigenvalue weighted by Gasteiger charge is 2.10. The van der Waals surface area contributed by atoms with Crippen molar-refractivity contribution < 1.29 is 4.74 Å². The van der Waals surface area contributed by atoms with Crippen LogP contribution in [0.3, 0.4) is 0 Å². The molecule has 0 saturated carbocycles. The van der Waals surface area contributed by atoms with Crippen LogP contribution < -0.4 is 4.74 Å². The van der Waals surface area contributed by atoms with Gasteiger partial charge in [0.1, 0.15) is 5.75 Å². The molecule has 0 radical (unpaired) electrons. The molecule has 2 nitrogen and oxygen atoms in total. The van der Waals surface area contributed by atoms with Gasteiger partial charge in [0.2, 0.25) is 0 Å². The van der Waals surface area contributed by atoms with Gasteiger partial charge in [0.15, 0.2) is 0 Å². The molecule has 0 bridgehead atoms. The van der Waals surface area contributed by atoms with Crippen LogP contribution >= 0.6 is 45.2 Å². The monoisotopic (exact) mass is 687 g/mol. The van der Waals surface area contributed by atoms with Crippen molar-refractivity contribution in [2.75, 3.05) is 6.61 Å². The highest BCUT2D eigenvalue weighted by molar-refractivity contribution is 14.1. The van der Waals surface area contributed by atoms with E-state index in [2.05, 4.69) is 137 Å². The molecule has 0 amide bonds. The van der Waals surface area contributed by atoms with E-state index >= 15 is 0 Å². The molecule has 0 aliphatic rings. The van der Waals surface area contributed by atoms with Crippen LogP contribution in [0.15, 0.2) is 84.9 Å². The summed E-state index contributed by atoms with van der Waals surface area (Å²) in [4.78, 5) is 5.02. The average Bonchev–Trinajstić information content (AvgIpc) is 2.89. The van der Waals surface area contributed by atoms with Crippen LogP contribution in [0.5, 0.6) is 5.75 Å².